The number of carbonyl (C=O) groups is 1. The molecule has 1 saturated heterocycles. The van der Waals surface area contributed by atoms with Gasteiger partial charge in [0, 0.05) is 12.1 Å². The third kappa shape index (κ3) is 3.76. The number of hydrogen-bond acceptors (Lipinski definition) is 4. The molecule has 1 aromatic carbocycles. The van der Waals surface area contributed by atoms with Gasteiger partial charge in [0.15, 0.2) is 0 Å². The molecule has 1 fully saturated rings. The van der Waals surface area contributed by atoms with Crippen LogP contribution in [-0.2, 0) is 0 Å². The van der Waals surface area contributed by atoms with E-state index in [0.29, 0.717) is 22.0 Å². The van der Waals surface area contributed by atoms with E-state index in [0.717, 1.165) is 25.9 Å². The zero-order chi connectivity index (χ0) is 16.3. The van der Waals surface area contributed by atoms with Crippen molar-refractivity contribution in [1.29, 1.82) is 0 Å². The Morgan fingerprint density at radius 3 is 2.87 bits per heavy atom. The number of piperidine rings is 1. The minimum atomic E-state index is -0.323. The maximum Gasteiger partial charge on any atom is 0.263 e. The van der Waals surface area contributed by atoms with Crippen molar-refractivity contribution in [3.63, 3.8) is 0 Å². The molecule has 1 amide bonds. The van der Waals surface area contributed by atoms with Gasteiger partial charge in [-0.05, 0) is 43.5 Å². The molecule has 1 aromatic heterocycles. The molecule has 122 valence electrons. The molecule has 0 atom stereocenters. The molecular weight excluding hydrogens is 313 g/mol. The van der Waals surface area contributed by atoms with Crippen LogP contribution in [0.4, 0.5) is 4.39 Å². The number of carbonyl (C=O) groups excluding carboxylic acids is 1. The van der Waals surface area contributed by atoms with Crippen LogP contribution in [0, 0.1) is 11.2 Å². The molecule has 4 nitrogen and oxygen atoms in total. The van der Waals surface area contributed by atoms with Crippen LogP contribution in [0.3, 0.4) is 0 Å². The standard InChI is InChI=1S/C17H20FN3OS/c1-17(6-8-19-9-7-17)11-21-15(22)14-10-20-16(23-14)12-4-2-3-5-13(12)18/h2-5,10,19H,6-9,11H2,1H3,(H,21,22). The van der Waals surface area contributed by atoms with E-state index in [9.17, 15) is 9.18 Å². The monoisotopic (exact) mass is 333 g/mol. The second-order valence-corrected chi connectivity index (χ2v) is 7.28. The first-order valence-electron chi connectivity index (χ1n) is 7.77. The first-order valence-corrected chi connectivity index (χ1v) is 8.59. The maximum atomic E-state index is 13.8. The van der Waals surface area contributed by atoms with Crippen molar-refractivity contribution >= 4 is 17.2 Å². The van der Waals surface area contributed by atoms with Gasteiger partial charge in [0.2, 0.25) is 0 Å². The third-order valence-electron chi connectivity index (χ3n) is 4.32. The average molecular weight is 333 g/mol. The number of rotatable bonds is 4. The Bertz CT molecular complexity index is 695. The summed E-state index contributed by atoms with van der Waals surface area (Å²) < 4.78 is 13.8. The van der Waals surface area contributed by atoms with Crippen molar-refractivity contribution in [2.45, 2.75) is 19.8 Å². The topological polar surface area (TPSA) is 54.0 Å². The molecule has 2 heterocycles. The zero-order valence-electron chi connectivity index (χ0n) is 13.1. The molecule has 0 spiro atoms. The van der Waals surface area contributed by atoms with Crippen LogP contribution < -0.4 is 10.6 Å². The number of nitrogens with one attached hydrogen (secondary N) is 2. The van der Waals surface area contributed by atoms with E-state index in [1.165, 1.54) is 23.6 Å². The summed E-state index contributed by atoms with van der Waals surface area (Å²) in [6, 6.07) is 6.47. The summed E-state index contributed by atoms with van der Waals surface area (Å²) in [6.07, 6.45) is 3.62. The number of benzene rings is 1. The van der Waals surface area contributed by atoms with E-state index in [-0.39, 0.29) is 17.1 Å². The summed E-state index contributed by atoms with van der Waals surface area (Å²) in [4.78, 5) is 17.0. The fourth-order valence-electron chi connectivity index (χ4n) is 2.73. The molecule has 0 aliphatic carbocycles. The highest BCUT2D eigenvalue weighted by Crippen LogP contribution is 2.29. The Kier molecular flexibility index (Phi) is 4.73. The van der Waals surface area contributed by atoms with Crippen molar-refractivity contribution < 1.29 is 9.18 Å². The van der Waals surface area contributed by atoms with Gasteiger partial charge in [-0.3, -0.25) is 4.79 Å². The third-order valence-corrected chi connectivity index (χ3v) is 5.35. The van der Waals surface area contributed by atoms with Crippen LogP contribution >= 0.6 is 11.3 Å². The number of amides is 1. The largest absolute Gasteiger partial charge is 0.351 e. The summed E-state index contributed by atoms with van der Waals surface area (Å²) in [6.45, 7) is 4.83. The number of aromatic nitrogens is 1. The van der Waals surface area contributed by atoms with Gasteiger partial charge >= 0.3 is 0 Å². The van der Waals surface area contributed by atoms with Gasteiger partial charge in [-0.25, -0.2) is 9.37 Å². The summed E-state index contributed by atoms with van der Waals surface area (Å²) in [5.41, 5.74) is 0.571. The molecule has 1 aliphatic rings. The zero-order valence-corrected chi connectivity index (χ0v) is 13.9. The fraction of sp³-hybridized carbons (Fsp3) is 0.412. The molecule has 0 radical (unpaired) electrons. The SMILES string of the molecule is CC1(CNC(=O)c2cnc(-c3ccccc3F)s2)CCNCC1. The summed E-state index contributed by atoms with van der Waals surface area (Å²) in [5, 5.41) is 6.86. The van der Waals surface area contributed by atoms with Gasteiger partial charge in [0.25, 0.3) is 5.91 Å². The highest BCUT2D eigenvalue weighted by atomic mass is 32.1. The number of thiazole rings is 1. The van der Waals surface area contributed by atoms with Gasteiger partial charge in [-0.15, -0.1) is 11.3 Å². The summed E-state index contributed by atoms with van der Waals surface area (Å²) in [5.74, 6) is -0.458. The average Bonchev–Trinajstić information content (AvgIpc) is 3.04. The van der Waals surface area contributed by atoms with Crippen molar-refractivity contribution in [3.8, 4) is 10.6 Å². The Morgan fingerprint density at radius 1 is 1.39 bits per heavy atom. The lowest BCUT2D eigenvalue weighted by Gasteiger charge is -2.34. The minimum Gasteiger partial charge on any atom is -0.351 e. The summed E-state index contributed by atoms with van der Waals surface area (Å²) in [7, 11) is 0. The van der Waals surface area contributed by atoms with Crippen molar-refractivity contribution in [3.05, 3.63) is 41.2 Å². The predicted molar refractivity (Wildman–Crippen MR) is 90.1 cm³/mol. The van der Waals surface area contributed by atoms with Crippen LogP contribution in [0.2, 0.25) is 0 Å². The number of nitrogens with zero attached hydrogens (tertiary/aromatic N) is 1. The van der Waals surface area contributed by atoms with E-state index < -0.39 is 0 Å². The van der Waals surface area contributed by atoms with Crippen molar-refractivity contribution in [2.75, 3.05) is 19.6 Å². The Balaban J connectivity index is 1.66. The lowest BCUT2D eigenvalue weighted by atomic mass is 9.81. The van der Waals surface area contributed by atoms with Crippen molar-refractivity contribution in [2.24, 2.45) is 5.41 Å². The first kappa shape index (κ1) is 16.1. The second-order valence-electron chi connectivity index (χ2n) is 6.25. The summed E-state index contributed by atoms with van der Waals surface area (Å²) >= 11 is 1.22. The Labute approximate surface area is 139 Å². The van der Waals surface area contributed by atoms with E-state index in [4.69, 9.17) is 0 Å². The molecule has 23 heavy (non-hydrogen) atoms. The number of halogens is 1. The normalized spacial score (nSPS) is 17.0. The molecule has 0 bridgehead atoms. The first-order chi connectivity index (χ1) is 11.1. The minimum absolute atomic E-state index is 0.134. The lowest BCUT2D eigenvalue weighted by molar-refractivity contribution is 0.0926. The molecule has 1 aliphatic heterocycles. The predicted octanol–water partition coefficient (Wildman–Crippen LogP) is 3.07. The van der Waals surface area contributed by atoms with E-state index >= 15 is 0 Å². The van der Waals surface area contributed by atoms with Gasteiger partial charge in [0.05, 0.1) is 6.20 Å². The second kappa shape index (κ2) is 6.76. The van der Waals surface area contributed by atoms with Gasteiger partial charge in [-0.2, -0.15) is 0 Å². The van der Waals surface area contributed by atoms with Crippen LogP contribution in [0.1, 0.15) is 29.4 Å². The Hall–Kier alpha value is -1.79. The molecule has 3 rings (SSSR count). The molecule has 2 N–H and O–H groups in total. The molecule has 0 saturated carbocycles. The number of hydrogen-bond donors (Lipinski definition) is 2. The van der Waals surface area contributed by atoms with Crippen LogP contribution in [0.5, 0.6) is 0 Å². The quantitative estimate of drug-likeness (QED) is 0.904. The van der Waals surface area contributed by atoms with E-state index in [1.54, 1.807) is 18.2 Å². The fourth-order valence-corrected chi connectivity index (χ4v) is 3.59. The molecular formula is C17H20FN3OS. The van der Waals surface area contributed by atoms with E-state index in [1.807, 2.05) is 0 Å². The molecule has 6 heteroatoms. The van der Waals surface area contributed by atoms with Gasteiger partial charge in [-0.1, -0.05) is 19.1 Å². The van der Waals surface area contributed by atoms with Crippen LogP contribution in [0.25, 0.3) is 10.6 Å². The molecule has 0 unspecified atom stereocenters. The van der Waals surface area contributed by atoms with E-state index in [2.05, 4.69) is 22.5 Å². The Morgan fingerprint density at radius 2 is 2.13 bits per heavy atom. The highest BCUT2D eigenvalue weighted by Gasteiger charge is 2.27. The van der Waals surface area contributed by atoms with Gasteiger partial charge < -0.3 is 10.6 Å². The smallest absolute Gasteiger partial charge is 0.263 e. The maximum absolute atomic E-state index is 13.8. The van der Waals surface area contributed by atoms with Crippen LogP contribution in [0.15, 0.2) is 30.5 Å². The van der Waals surface area contributed by atoms with Crippen LogP contribution in [-0.4, -0.2) is 30.5 Å². The molecule has 2 aromatic rings. The lowest BCUT2D eigenvalue weighted by Crippen LogP contribution is -2.42. The van der Waals surface area contributed by atoms with Gasteiger partial charge in [0.1, 0.15) is 15.7 Å². The highest BCUT2D eigenvalue weighted by molar-refractivity contribution is 7.16. The van der Waals surface area contributed by atoms with Crippen molar-refractivity contribution in [1.82, 2.24) is 15.6 Å².